The predicted octanol–water partition coefficient (Wildman–Crippen LogP) is 3.53. The number of carbonyl (C=O) groups excluding carboxylic acids is 2. The van der Waals surface area contributed by atoms with Gasteiger partial charge in [-0.15, -0.1) is 0 Å². The molecule has 5 heteroatoms. The molecule has 0 unspecified atom stereocenters. The van der Waals surface area contributed by atoms with Gasteiger partial charge in [0, 0.05) is 19.2 Å². The summed E-state index contributed by atoms with van der Waals surface area (Å²) in [6.45, 7) is 9.43. The van der Waals surface area contributed by atoms with Gasteiger partial charge in [0.2, 0.25) is 0 Å². The van der Waals surface area contributed by atoms with Gasteiger partial charge in [0.1, 0.15) is 5.60 Å². The van der Waals surface area contributed by atoms with Gasteiger partial charge in [0.25, 0.3) is 0 Å². The highest BCUT2D eigenvalue weighted by atomic mass is 16.6. The van der Waals surface area contributed by atoms with Gasteiger partial charge in [-0.2, -0.15) is 0 Å². The van der Waals surface area contributed by atoms with Crippen LogP contribution in [0, 0.1) is 11.3 Å². The molecule has 2 rings (SSSR count). The predicted molar refractivity (Wildman–Crippen MR) is 88.0 cm³/mol. The lowest BCUT2D eigenvalue weighted by atomic mass is 9.57. The number of esters is 1. The van der Waals surface area contributed by atoms with E-state index >= 15 is 0 Å². The first-order valence-electron chi connectivity index (χ1n) is 8.56. The van der Waals surface area contributed by atoms with Gasteiger partial charge in [-0.1, -0.05) is 6.08 Å². The van der Waals surface area contributed by atoms with Crippen LogP contribution in [0.4, 0.5) is 4.79 Å². The van der Waals surface area contributed by atoms with Crippen molar-refractivity contribution in [2.75, 3.05) is 19.7 Å². The minimum atomic E-state index is -0.439. The molecule has 0 aromatic heterocycles. The third-order valence-corrected chi connectivity index (χ3v) is 4.66. The quantitative estimate of drug-likeness (QED) is 0.589. The maximum absolute atomic E-state index is 12.1. The molecule has 1 heterocycles. The molecule has 2 aliphatic rings. The van der Waals surface area contributed by atoms with E-state index in [1.807, 2.05) is 38.7 Å². The molecule has 1 saturated carbocycles. The fraction of sp³-hybridized carbons (Fsp3) is 0.778. The van der Waals surface area contributed by atoms with Gasteiger partial charge >= 0.3 is 12.1 Å². The van der Waals surface area contributed by atoms with Crippen LogP contribution in [0.5, 0.6) is 0 Å². The smallest absolute Gasteiger partial charge is 0.410 e. The number of carbonyl (C=O) groups is 2. The third kappa shape index (κ3) is 4.98. The Morgan fingerprint density at radius 3 is 2.35 bits per heavy atom. The molecular formula is C18H29NO4. The van der Waals surface area contributed by atoms with Crippen molar-refractivity contribution in [1.82, 2.24) is 4.90 Å². The number of allylic oxidation sites excluding steroid dienone is 1. The first kappa shape index (κ1) is 17.8. The highest BCUT2D eigenvalue weighted by Gasteiger charge is 2.45. The summed E-state index contributed by atoms with van der Waals surface area (Å²) >= 11 is 0. The number of hydrogen-bond acceptors (Lipinski definition) is 4. The summed E-state index contributed by atoms with van der Waals surface area (Å²) in [5, 5.41) is 0. The Balaban J connectivity index is 1.74. The molecule has 0 aromatic rings. The summed E-state index contributed by atoms with van der Waals surface area (Å²) in [5.41, 5.74) is -0.0894. The zero-order chi connectivity index (χ0) is 17.1. The summed E-state index contributed by atoms with van der Waals surface area (Å²) < 4.78 is 10.3. The molecule has 130 valence electrons. The van der Waals surface area contributed by atoms with Gasteiger partial charge in [-0.05, 0) is 64.7 Å². The molecule has 1 aliphatic heterocycles. The van der Waals surface area contributed by atoms with Crippen molar-refractivity contribution in [3.8, 4) is 0 Å². The maximum atomic E-state index is 12.1. The Hall–Kier alpha value is -1.52. The van der Waals surface area contributed by atoms with Gasteiger partial charge in [-0.3, -0.25) is 0 Å². The summed E-state index contributed by atoms with van der Waals surface area (Å²) in [4.78, 5) is 25.2. The lowest BCUT2D eigenvalue weighted by Crippen LogP contribution is -2.49. The van der Waals surface area contributed by atoms with Gasteiger partial charge in [0.15, 0.2) is 0 Å². The van der Waals surface area contributed by atoms with E-state index < -0.39 is 5.60 Å². The number of piperidine rings is 1. The van der Waals surface area contributed by atoms with Gasteiger partial charge in [-0.25, -0.2) is 9.59 Å². The van der Waals surface area contributed by atoms with Crippen molar-refractivity contribution in [2.24, 2.45) is 11.3 Å². The highest BCUT2D eigenvalue weighted by Crippen LogP contribution is 2.53. The molecule has 1 saturated heterocycles. The van der Waals surface area contributed by atoms with E-state index in [1.54, 1.807) is 6.08 Å². The lowest BCUT2D eigenvalue weighted by Gasteiger charge is -2.51. The van der Waals surface area contributed by atoms with Crippen molar-refractivity contribution in [2.45, 2.75) is 59.0 Å². The SMILES string of the molecule is CCOC(=O)/C=C/C1CC2(CCN(C(=O)OC(C)(C)C)CC2)C1. The first-order chi connectivity index (χ1) is 10.7. The fourth-order valence-electron chi connectivity index (χ4n) is 3.49. The zero-order valence-corrected chi connectivity index (χ0v) is 14.8. The normalized spacial score (nSPS) is 21.3. The summed E-state index contributed by atoms with van der Waals surface area (Å²) in [6.07, 6.45) is 7.58. The fourth-order valence-corrected chi connectivity index (χ4v) is 3.49. The molecule has 1 aliphatic carbocycles. The molecular weight excluding hydrogens is 294 g/mol. The van der Waals surface area contributed by atoms with Gasteiger partial charge < -0.3 is 14.4 Å². The lowest BCUT2D eigenvalue weighted by molar-refractivity contribution is -0.137. The van der Waals surface area contributed by atoms with Crippen LogP contribution in [0.3, 0.4) is 0 Å². The van der Waals surface area contributed by atoms with Crippen molar-refractivity contribution < 1.29 is 19.1 Å². The maximum Gasteiger partial charge on any atom is 0.410 e. The molecule has 23 heavy (non-hydrogen) atoms. The molecule has 0 aromatic carbocycles. The zero-order valence-electron chi connectivity index (χ0n) is 14.8. The Bertz CT molecular complexity index is 462. The second-order valence-corrected chi connectivity index (χ2v) is 7.75. The molecule has 1 spiro atoms. The molecule has 5 nitrogen and oxygen atoms in total. The Labute approximate surface area is 139 Å². The number of nitrogens with zero attached hydrogens (tertiary/aromatic N) is 1. The van der Waals surface area contributed by atoms with Crippen LogP contribution in [-0.2, 0) is 14.3 Å². The van der Waals surface area contributed by atoms with Crippen LogP contribution in [0.25, 0.3) is 0 Å². The second-order valence-electron chi connectivity index (χ2n) is 7.75. The van der Waals surface area contributed by atoms with E-state index in [-0.39, 0.29) is 12.1 Å². The Morgan fingerprint density at radius 1 is 1.22 bits per heavy atom. The first-order valence-corrected chi connectivity index (χ1v) is 8.56. The number of likely N-dealkylation sites (tertiary alicyclic amines) is 1. The van der Waals surface area contributed by atoms with Crippen molar-refractivity contribution in [1.29, 1.82) is 0 Å². The van der Waals surface area contributed by atoms with Crippen molar-refractivity contribution in [3.05, 3.63) is 12.2 Å². The van der Waals surface area contributed by atoms with E-state index in [9.17, 15) is 9.59 Å². The minimum absolute atomic E-state index is 0.203. The summed E-state index contributed by atoms with van der Waals surface area (Å²) in [7, 11) is 0. The second kappa shape index (κ2) is 6.93. The van der Waals surface area contributed by atoms with E-state index in [4.69, 9.17) is 9.47 Å². The van der Waals surface area contributed by atoms with Crippen LogP contribution in [-0.4, -0.2) is 42.3 Å². The topological polar surface area (TPSA) is 55.8 Å². The standard InChI is InChI=1S/C18H29NO4/c1-5-22-15(20)7-6-14-12-18(13-14)8-10-19(11-9-18)16(21)23-17(2,3)4/h6-7,14H,5,8-13H2,1-4H3/b7-6+. The van der Waals surface area contributed by atoms with Crippen LogP contribution >= 0.6 is 0 Å². The third-order valence-electron chi connectivity index (χ3n) is 4.66. The Kier molecular flexibility index (Phi) is 5.37. The van der Waals surface area contributed by atoms with Crippen molar-refractivity contribution >= 4 is 12.1 Å². The summed E-state index contributed by atoms with van der Waals surface area (Å²) in [6, 6.07) is 0. The number of ether oxygens (including phenoxy) is 2. The van der Waals surface area contributed by atoms with E-state index in [0.717, 1.165) is 38.8 Å². The van der Waals surface area contributed by atoms with Crippen molar-refractivity contribution in [3.63, 3.8) is 0 Å². The molecule has 0 atom stereocenters. The summed E-state index contributed by atoms with van der Waals surface area (Å²) in [5.74, 6) is 0.209. The largest absolute Gasteiger partial charge is 0.463 e. The van der Waals surface area contributed by atoms with Crippen LogP contribution in [0.2, 0.25) is 0 Å². The van der Waals surface area contributed by atoms with Gasteiger partial charge in [0.05, 0.1) is 6.61 Å². The van der Waals surface area contributed by atoms with Crippen LogP contribution in [0.1, 0.15) is 53.4 Å². The monoisotopic (exact) mass is 323 g/mol. The number of rotatable bonds is 3. The Morgan fingerprint density at radius 2 is 1.83 bits per heavy atom. The van der Waals surface area contributed by atoms with E-state index in [2.05, 4.69) is 0 Å². The average molecular weight is 323 g/mol. The molecule has 0 bridgehead atoms. The number of amides is 1. The molecule has 0 N–H and O–H groups in total. The number of hydrogen-bond donors (Lipinski definition) is 0. The van der Waals surface area contributed by atoms with Crippen LogP contribution < -0.4 is 0 Å². The molecule has 0 radical (unpaired) electrons. The highest BCUT2D eigenvalue weighted by molar-refractivity contribution is 5.81. The van der Waals surface area contributed by atoms with E-state index in [1.165, 1.54) is 0 Å². The minimum Gasteiger partial charge on any atom is -0.463 e. The molecule has 2 fully saturated rings. The average Bonchev–Trinajstić information content (AvgIpc) is 2.41. The van der Waals surface area contributed by atoms with Crippen LogP contribution in [0.15, 0.2) is 12.2 Å². The molecule has 1 amide bonds. The van der Waals surface area contributed by atoms with E-state index in [0.29, 0.717) is 17.9 Å².